The molecule has 2 aliphatic rings. The third kappa shape index (κ3) is 5.36. The molecule has 0 radical (unpaired) electrons. The highest BCUT2D eigenvalue weighted by Gasteiger charge is 2.30. The first kappa shape index (κ1) is 19.0. The summed E-state index contributed by atoms with van der Waals surface area (Å²) in [6.45, 7) is 7.38. The summed E-state index contributed by atoms with van der Waals surface area (Å²) in [4.78, 5) is 25.7. The maximum atomic E-state index is 12.4. The number of nitrogens with one attached hydrogen (secondary N) is 2. The first-order chi connectivity index (χ1) is 11.5. The number of carbonyl (C=O) groups is 2. The van der Waals surface area contributed by atoms with E-state index in [1.165, 1.54) is 0 Å². The van der Waals surface area contributed by atoms with E-state index in [1.807, 2.05) is 4.90 Å². The summed E-state index contributed by atoms with van der Waals surface area (Å²) in [7, 11) is 1.67. The Hall–Kier alpha value is -1.30. The van der Waals surface area contributed by atoms with Gasteiger partial charge in [-0.25, -0.2) is 4.79 Å². The SMILES string of the molecule is CNC(=O)CC1CCN(C(=O)NC[C@@H]2CCCO[C@@H]2C(C)C)CC1. The van der Waals surface area contributed by atoms with Crippen molar-refractivity contribution < 1.29 is 14.3 Å². The van der Waals surface area contributed by atoms with Crippen LogP contribution in [-0.4, -0.2) is 56.2 Å². The van der Waals surface area contributed by atoms with Crippen LogP contribution in [0.25, 0.3) is 0 Å². The van der Waals surface area contributed by atoms with Crippen molar-refractivity contribution in [3.63, 3.8) is 0 Å². The van der Waals surface area contributed by atoms with Gasteiger partial charge in [-0.05, 0) is 37.5 Å². The van der Waals surface area contributed by atoms with Gasteiger partial charge >= 0.3 is 6.03 Å². The molecular formula is C18H33N3O3. The number of hydrogen-bond acceptors (Lipinski definition) is 3. The number of piperidine rings is 1. The lowest BCUT2D eigenvalue weighted by atomic mass is 9.87. The van der Waals surface area contributed by atoms with Gasteiger partial charge in [-0.1, -0.05) is 13.8 Å². The lowest BCUT2D eigenvalue weighted by Crippen LogP contribution is -2.48. The maximum Gasteiger partial charge on any atom is 0.317 e. The molecule has 3 amide bonds. The van der Waals surface area contributed by atoms with Crippen LogP contribution in [0, 0.1) is 17.8 Å². The average molecular weight is 339 g/mol. The average Bonchev–Trinajstić information content (AvgIpc) is 2.60. The van der Waals surface area contributed by atoms with Crippen LogP contribution in [0.15, 0.2) is 0 Å². The van der Waals surface area contributed by atoms with E-state index in [2.05, 4.69) is 24.5 Å². The molecule has 0 aromatic carbocycles. The van der Waals surface area contributed by atoms with Crippen molar-refractivity contribution in [3.05, 3.63) is 0 Å². The Morgan fingerprint density at radius 2 is 1.92 bits per heavy atom. The molecule has 0 saturated carbocycles. The van der Waals surface area contributed by atoms with E-state index >= 15 is 0 Å². The van der Waals surface area contributed by atoms with Crippen LogP contribution >= 0.6 is 0 Å². The minimum atomic E-state index is 0.0291. The van der Waals surface area contributed by atoms with Crippen LogP contribution in [0.5, 0.6) is 0 Å². The number of rotatable bonds is 5. The fourth-order valence-corrected chi connectivity index (χ4v) is 3.85. The van der Waals surface area contributed by atoms with Crippen LogP contribution in [0.2, 0.25) is 0 Å². The highest BCUT2D eigenvalue weighted by atomic mass is 16.5. The third-order valence-corrected chi connectivity index (χ3v) is 5.32. The molecule has 0 aromatic rings. The number of urea groups is 1. The molecule has 2 fully saturated rings. The number of hydrogen-bond donors (Lipinski definition) is 2. The molecule has 0 spiro atoms. The van der Waals surface area contributed by atoms with Crippen LogP contribution in [0.3, 0.4) is 0 Å². The topological polar surface area (TPSA) is 70.7 Å². The molecule has 2 aliphatic heterocycles. The van der Waals surface area contributed by atoms with Crippen LogP contribution in [0.4, 0.5) is 4.79 Å². The molecule has 2 heterocycles. The molecule has 0 bridgehead atoms. The Bertz CT molecular complexity index is 420. The zero-order valence-corrected chi connectivity index (χ0v) is 15.3. The molecule has 2 N–H and O–H groups in total. The number of nitrogens with zero attached hydrogens (tertiary/aromatic N) is 1. The smallest absolute Gasteiger partial charge is 0.317 e. The number of likely N-dealkylation sites (tertiary alicyclic amines) is 1. The van der Waals surface area contributed by atoms with Crippen LogP contribution < -0.4 is 10.6 Å². The molecule has 2 atom stereocenters. The molecule has 2 rings (SSSR count). The highest BCUT2D eigenvalue weighted by Crippen LogP contribution is 2.26. The minimum absolute atomic E-state index is 0.0291. The number of carbonyl (C=O) groups excluding carboxylic acids is 2. The quantitative estimate of drug-likeness (QED) is 0.805. The fourth-order valence-electron chi connectivity index (χ4n) is 3.85. The predicted octanol–water partition coefficient (Wildman–Crippen LogP) is 2.00. The van der Waals surface area contributed by atoms with Crippen molar-refractivity contribution in [3.8, 4) is 0 Å². The van der Waals surface area contributed by atoms with Gasteiger partial charge in [0.05, 0.1) is 6.10 Å². The summed E-state index contributed by atoms with van der Waals surface area (Å²) in [5, 5.41) is 5.77. The van der Waals surface area contributed by atoms with Gasteiger partial charge in [0.2, 0.25) is 5.91 Å². The van der Waals surface area contributed by atoms with Gasteiger partial charge in [0.15, 0.2) is 0 Å². The van der Waals surface area contributed by atoms with Crippen molar-refractivity contribution in [1.82, 2.24) is 15.5 Å². The lowest BCUT2D eigenvalue weighted by molar-refractivity contribution is -0.121. The second-order valence-corrected chi connectivity index (χ2v) is 7.48. The van der Waals surface area contributed by atoms with Crippen molar-refractivity contribution in [2.45, 2.75) is 52.1 Å². The Morgan fingerprint density at radius 1 is 1.21 bits per heavy atom. The largest absolute Gasteiger partial charge is 0.378 e. The molecule has 0 aromatic heterocycles. The molecule has 6 heteroatoms. The van der Waals surface area contributed by atoms with Gasteiger partial charge < -0.3 is 20.3 Å². The van der Waals surface area contributed by atoms with E-state index < -0.39 is 0 Å². The second-order valence-electron chi connectivity index (χ2n) is 7.48. The summed E-state index contributed by atoms with van der Waals surface area (Å²) < 4.78 is 5.89. The van der Waals surface area contributed by atoms with Crippen molar-refractivity contribution in [2.75, 3.05) is 33.3 Å². The number of amides is 3. The summed E-state index contributed by atoms with van der Waals surface area (Å²) in [5.41, 5.74) is 0. The van der Waals surface area contributed by atoms with E-state index in [0.29, 0.717) is 30.7 Å². The van der Waals surface area contributed by atoms with Gasteiger partial charge in [-0.15, -0.1) is 0 Å². The summed E-state index contributed by atoms with van der Waals surface area (Å²) >= 11 is 0. The van der Waals surface area contributed by atoms with E-state index in [9.17, 15) is 9.59 Å². The van der Waals surface area contributed by atoms with Crippen molar-refractivity contribution in [2.24, 2.45) is 17.8 Å². The predicted molar refractivity (Wildman–Crippen MR) is 93.7 cm³/mol. The van der Waals surface area contributed by atoms with E-state index in [0.717, 1.165) is 45.4 Å². The standard InChI is InChI=1S/C18H33N3O3/c1-13(2)17-15(5-4-10-24-17)12-20-18(23)21-8-6-14(7-9-21)11-16(22)19-3/h13-15,17H,4-12H2,1-3H3,(H,19,22)(H,20,23)/t15-,17+/m0/s1. The molecule has 24 heavy (non-hydrogen) atoms. The molecule has 0 unspecified atom stereocenters. The summed E-state index contributed by atoms with van der Waals surface area (Å²) in [6, 6.07) is 0.0291. The van der Waals surface area contributed by atoms with Crippen molar-refractivity contribution >= 4 is 11.9 Å². The van der Waals surface area contributed by atoms with Gasteiger partial charge in [-0.2, -0.15) is 0 Å². The Labute approximate surface area is 145 Å². The second kappa shape index (κ2) is 9.25. The molecule has 138 valence electrons. The van der Waals surface area contributed by atoms with Crippen LogP contribution in [0.1, 0.15) is 46.0 Å². The van der Waals surface area contributed by atoms with Gasteiger partial charge in [-0.3, -0.25) is 4.79 Å². The Kier molecular flexibility index (Phi) is 7.34. The maximum absolute atomic E-state index is 12.4. The Morgan fingerprint density at radius 3 is 2.54 bits per heavy atom. The lowest BCUT2D eigenvalue weighted by Gasteiger charge is -2.36. The third-order valence-electron chi connectivity index (χ3n) is 5.32. The van der Waals surface area contributed by atoms with Crippen LogP contribution in [-0.2, 0) is 9.53 Å². The van der Waals surface area contributed by atoms with Gasteiger partial charge in [0, 0.05) is 45.6 Å². The molecule has 0 aliphatic carbocycles. The highest BCUT2D eigenvalue weighted by molar-refractivity contribution is 5.76. The van der Waals surface area contributed by atoms with E-state index in [1.54, 1.807) is 7.05 Å². The zero-order valence-electron chi connectivity index (χ0n) is 15.3. The first-order valence-electron chi connectivity index (χ1n) is 9.36. The van der Waals surface area contributed by atoms with Gasteiger partial charge in [0.1, 0.15) is 0 Å². The Balaban J connectivity index is 1.72. The number of ether oxygens (including phenoxy) is 1. The van der Waals surface area contributed by atoms with E-state index in [-0.39, 0.29) is 18.0 Å². The van der Waals surface area contributed by atoms with Gasteiger partial charge in [0.25, 0.3) is 0 Å². The first-order valence-corrected chi connectivity index (χ1v) is 9.36. The molecule has 6 nitrogen and oxygen atoms in total. The molecular weight excluding hydrogens is 306 g/mol. The summed E-state index contributed by atoms with van der Waals surface area (Å²) in [6.07, 6.45) is 4.83. The van der Waals surface area contributed by atoms with E-state index in [4.69, 9.17) is 4.74 Å². The fraction of sp³-hybridized carbons (Fsp3) is 0.889. The normalized spacial score (nSPS) is 25.6. The molecule has 2 saturated heterocycles. The monoisotopic (exact) mass is 339 g/mol. The minimum Gasteiger partial charge on any atom is -0.378 e. The van der Waals surface area contributed by atoms with Crippen molar-refractivity contribution in [1.29, 1.82) is 0 Å². The zero-order chi connectivity index (χ0) is 17.5. The summed E-state index contributed by atoms with van der Waals surface area (Å²) in [5.74, 6) is 1.38.